The van der Waals surface area contributed by atoms with Gasteiger partial charge in [-0.3, -0.25) is 9.78 Å². The van der Waals surface area contributed by atoms with E-state index in [1.165, 1.54) is 47.2 Å². The van der Waals surface area contributed by atoms with E-state index in [-0.39, 0.29) is 31.6 Å². The smallest absolute Gasteiger partial charge is 0.220 e. The minimum absolute atomic E-state index is 0. The molecule has 0 unspecified atom stereocenters. The molecule has 0 aliphatic heterocycles. The third-order valence-corrected chi connectivity index (χ3v) is 6.29. The number of allylic oxidation sites excluding steroid dienone is 2. The zero-order chi connectivity index (χ0) is 25.4. The number of hydrogen-bond acceptors (Lipinski definition) is 4. The van der Waals surface area contributed by atoms with Crippen molar-refractivity contribution in [3.8, 4) is 11.3 Å². The van der Waals surface area contributed by atoms with E-state index in [9.17, 15) is 4.79 Å². The Morgan fingerprint density at radius 2 is 1.49 bits per heavy atom. The van der Waals surface area contributed by atoms with Crippen molar-refractivity contribution in [2.75, 3.05) is 0 Å². The van der Waals surface area contributed by atoms with Crippen LogP contribution in [0.1, 0.15) is 25.0 Å². The number of benzene rings is 4. The first kappa shape index (κ1) is 26.3. The van der Waals surface area contributed by atoms with E-state index in [1.807, 2.05) is 18.2 Å². The molecule has 37 heavy (non-hydrogen) atoms. The molecule has 0 bridgehead atoms. The average Bonchev–Trinajstić information content (AvgIpc) is 3.22. The molecule has 6 aromatic rings. The SMILES string of the molecule is CC(=O)/C=C(/C)O.Cc1cc2c(-c3ccc4c(n3)oc3ccccc34)[c-]c3ccccc3c2cc1C.[Ir]. The number of nitrogens with zero attached hydrogens (tertiary/aromatic N) is 1. The van der Waals surface area contributed by atoms with Gasteiger partial charge in [0.05, 0.1) is 5.76 Å². The Morgan fingerprint density at radius 3 is 2.16 bits per heavy atom. The number of rotatable bonds is 2. The van der Waals surface area contributed by atoms with Crippen LogP contribution in [-0.4, -0.2) is 15.9 Å². The van der Waals surface area contributed by atoms with E-state index in [0.29, 0.717) is 5.71 Å². The van der Waals surface area contributed by atoms with E-state index < -0.39 is 0 Å². The number of aliphatic hydroxyl groups is 1. The number of pyridine rings is 1. The molecule has 6 rings (SSSR count). The number of carbonyl (C=O) groups excluding carboxylic acids is 1. The van der Waals surface area contributed by atoms with E-state index in [1.54, 1.807) is 0 Å². The third kappa shape index (κ3) is 5.20. The maximum absolute atomic E-state index is 10.0. The number of fused-ring (bicyclic) bond motifs is 6. The van der Waals surface area contributed by atoms with Crippen LogP contribution in [0.25, 0.3) is 54.9 Å². The van der Waals surface area contributed by atoms with Gasteiger partial charge < -0.3 is 9.52 Å². The largest absolute Gasteiger partial charge is 0.512 e. The molecule has 1 N–H and O–H groups in total. The first-order chi connectivity index (χ1) is 17.3. The minimum atomic E-state index is -0.125. The second kappa shape index (κ2) is 10.7. The van der Waals surface area contributed by atoms with Crippen LogP contribution in [0.4, 0.5) is 0 Å². The molecular weight excluding hydrogens is 639 g/mol. The molecule has 5 heteroatoms. The summed E-state index contributed by atoms with van der Waals surface area (Å²) in [5.74, 6) is -0.0625. The fourth-order valence-electron chi connectivity index (χ4n) is 4.52. The van der Waals surface area contributed by atoms with Crippen molar-refractivity contribution in [1.29, 1.82) is 0 Å². The zero-order valence-corrected chi connectivity index (χ0v) is 23.4. The number of carbonyl (C=O) groups is 1. The van der Waals surface area contributed by atoms with Gasteiger partial charge in [0, 0.05) is 42.6 Å². The number of para-hydroxylation sites is 1. The van der Waals surface area contributed by atoms with Crippen molar-refractivity contribution >= 4 is 49.4 Å². The molecule has 1 radical (unpaired) electrons. The van der Waals surface area contributed by atoms with Gasteiger partial charge in [-0.1, -0.05) is 87.9 Å². The fourth-order valence-corrected chi connectivity index (χ4v) is 4.52. The molecular formula is C32H26IrNO3-. The molecule has 0 spiro atoms. The van der Waals surface area contributed by atoms with Crippen LogP contribution in [-0.2, 0) is 24.9 Å². The Labute approximate surface area is 229 Å². The second-order valence-electron chi connectivity index (χ2n) is 9.07. The van der Waals surface area contributed by atoms with Gasteiger partial charge in [0.15, 0.2) is 5.78 Å². The second-order valence-corrected chi connectivity index (χ2v) is 9.07. The summed E-state index contributed by atoms with van der Waals surface area (Å²) in [4.78, 5) is 14.9. The summed E-state index contributed by atoms with van der Waals surface area (Å²) >= 11 is 0. The standard InChI is InChI=1S/C27H18NO.C5H8O2.Ir/c1-16-13-22-19-8-4-3-7-18(19)15-24(23(22)14-17(16)2)25-12-11-21-20-9-5-6-10-26(20)29-27(21)28-25;1-4(6)3-5(2)7;/h3-14H,1-2H3;3,6H,1-2H3;/q-1;;/b;4-3-;. The summed E-state index contributed by atoms with van der Waals surface area (Å²) in [6.07, 6.45) is 1.17. The molecule has 0 saturated carbocycles. The summed E-state index contributed by atoms with van der Waals surface area (Å²) in [5, 5.41) is 15.2. The quantitative estimate of drug-likeness (QED) is 0.0874. The summed E-state index contributed by atoms with van der Waals surface area (Å²) < 4.78 is 6.03. The van der Waals surface area contributed by atoms with Crippen LogP contribution in [0.15, 0.2) is 89.0 Å². The molecule has 0 amide bonds. The maximum Gasteiger partial charge on any atom is 0.220 e. The first-order valence-corrected chi connectivity index (χ1v) is 11.8. The number of aromatic nitrogens is 1. The van der Waals surface area contributed by atoms with Crippen LogP contribution >= 0.6 is 0 Å². The average molecular weight is 665 g/mol. The number of hydrogen-bond donors (Lipinski definition) is 1. The van der Waals surface area contributed by atoms with Crippen molar-refractivity contribution in [2.24, 2.45) is 0 Å². The number of ketones is 1. The Hall–Kier alpha value is -3.79. The summed E-state index contributed by atoms with van der Waals surface area (Å²) in [6, 6.07) is 28.9. The molecule has 0 fully saturated rings. The normalized spacial score (nSPS) is 11.4. The van der Waals surface area contributed by atoms with Gasteiger partial charge in [0.1, 0.15) is 5.58 Å². The number of aliphatic hydroxyl groups excluding tert-OH is 1. The van der Waals surface area contributed by atoms with Gasteiger partial charge in [-0.05, 0) is 39.3 Å². The Morgan fingerprint density at radius 1 is 0.838 bits per heavy atom. The Bertz CT molecular complexity index is 1810. The molecule has 4 aromatic carbocycles. The van der Waals surface area contributed by atoms with E-state index in [4.69, 9.17) is 14.5 Å². The zero-order valence-electron chi connectivity index (χ0n) is 21.0. The van der Waals surface area contributed by atoms with Crippen molar-refractivity contribution in [1.82, 2.24) is 4.98 Å². The van der Waals surface area contributed by atoms with E-state index in [0.717, 1.165) is 33.0 Å². The third-order valence-electron chi connectivity index (χ3n) is 6.29. The number of aryl methyl sites for hydroxylation is 2. The fraction of sp³-hybridized carbons (Fsp3) is 0.125. The molecule has 2 heterocycles. The summed E-state index contributed by atoms with van der Waals surface area (Å²) in [7, 11) is 0. The minimum Gasteiger partial charge on any atom is -0.512 e. The van der Waals surface area contributed by atoms with Crippen LogP contribution in [0.3, 0.4) is 0 Å². The molecule has 0 atom stereocenters. The van der Waals surface area contributed by atoms with Crippen LogP contribution < -0.4 is 0 Å². The number of furan rings is 1. The van der Waals surface area contributed by atoms with Gasteiger partial charge in [0.2, 0.25) is 5.71 Å². The van der Waals surface area contributed by atoms with Crippen molar-refractivity contribution in [3.63, 3.8) is 0 Å². The van der Waals surface area contributed by atoms with Gasteiger partial charge in [-0.2, -0.15) is 0 Å². The predicted molar refractivity (Wildman–Crippen MR) is 147 cm³/mol. The first-order valence-electron chi connectivity index (χ1n) is 11.8. The van der Waals surface area contributed by atoms with Gasteiger partial charge >= 0.3 is 0 Å². The van der Waals surface area contributed by atoms with Gasteiger partial charge in [0.25, 0.3) is 0 Å². The molecule has 4 nitrogen and oxygen atoms in total. The van der Waals surface area contributed by atoms with Crippen LogP contribution in [0.2, 0.25) is 0 Å². The molecule has 2 aromatic heterocycles. The predicted octanol–water partition coefficient (Wildman–Crippen LogP) is 8.41. The summed E-state index contributed by atoms with van der Waals surface area (Å²) in [5.41, 5.74) is 6.00. The van der Waals surface area contributed by atoms with Gasteiger partial charge in [-0.15, -0.1) is 17.5 Å². The molecule has 0 aliphatic rings. The molecule has 0 aliphatic carbocycles. The van der Waals surface area contributed by atoms with Crippen molar-refractivity contribution in [2.45, 2.75) is 27.7 Å². The van der Waals surface area contributed by atoms with Crippen molar-refractivity contribution < 1.29 is 34.4 Å². The topological polar surface area (TPSA) is 63.3 Å². The monoisotopic (exact) mass is 665 g/mol. The van der Waals surface area contributed by atoms with Crippen LogP contribution in [0, 0.1) is 19.9 Å². The Kier molecular flexibility index (Phi) is 7.58. The van der Waals surface area contributed by atoms with E-state index in [2.05, 4.69) is 74.5 Å². The maximum atomic E-state index is 10.0. The molecule has 0 saturated heterocycles. The van der Waals surface area contributed by atoms with Crippen molar-refractivity contribution in [3.05, 3.63) is 102 Å². The van der Waals surface area contributed by atoms with Gasteiger partial charge in [-0.25, -0.2) is 0 Å². The van der Waals surface area contributed by atoms with Crippen LogP contribution in [0.5, 0.6) is 0 Å². The molecule has 187 valence electrons. The Balaban J connectivity index is 0.000000356. The van der Waals surface area contributed by atoms with E-state index >= 15 is 0 Å². The summed E-state index contributed by atoms with van der Waals surface area (Å²) in [6.45, 7) is 7.17.